The molecule has 0 radical (unpaired) electrons. The van der Waals surface area contributed by atoms with Crippen LogP contribution in [0, 0.1) is 0 Å². The Bertz CT molecular complexity index is 893. The van der Waals surface area contributed by atoms with Crippen molar-refractivity contribution < 1.29 is 14.1 Å². The van der Waals surface area contributed by atoms with Crippen LogP contribution in [0.15, 0.2) is 52.4 Å². The lowest BCUT2D eigenvalue weighted by atomic mass is 9.74. The molecule has 1 heterocycles. The number of aliphatic hydroxyl groups excluding tert-OH is 1. The zero-order valence-electron chi connectivity index (χ0n) is 15.0. The Hall–Kier alpha value is -1.98. The van der Waals surface area contributed by atoms with Crippen molar-refractivity contribution in [3.8, 4) is 5.75 Å². The molecule has 4 unspecified atom stereocenters. The van der Waals surface area contributed by atoms with Gasteiger partial charge in [0, 0.05) is 39.0 Å². The molecule has 0 saturated heterocycles. The van der Waals surface area contributed by atoms with Crippen LogP contribution in [0.1, 0.15) is 41.9 Å². The van der Waals surface area contributed by atoms with Crippen LogP contribution in [0.3, 0.4) is 0 Å². The van der Waals surface area contributed by atoms with Crippen LogP contribution in [0.4, 0.5) is 0 Å². The number of aliphatic hydroxyl groups is 1. The summed E-state index contributed by atoms with van der Waals surface area (Å²) in [6.07, 6.45) is 3.87. The average Bonchev–Trinajstić information content (AvgIpc) is 2.67. The van der Waals surface area contributed by atoms with Gasteiger partial charge in [0.1, 0.15) is 5.75 Å². The third kappa shape index (κ3) is 3.10. The van der Waals surface area contributed by atoms with Gasteiger partial charge in [-0.25, -0.2) is 0 Å². The molecule has 2 aliphatic rings. The molecular weight excluding hydrogens is 346 g/mol. The van der Waals surface area contributed by atoms with Crippen molar-refractivity contribution in [2.45, 2.75) is 42.2 Å². The number of hydrogen-bond donors (Lipinski definition) is 1. The highest BCUT2D eigenvalue weighted by atomic mass is 32.2. The van der Waals surface area contributed by atoms with E-state index < -0.39 is 10.8 Å². The maximum absolute atomic E-state index is 11.9. The Morgan fingerprint density at radius 3 is 2.81 bits per heavy atom. The van der Waals surface area contributed by atoms with Gasteiger partial charge in [-0.3, -0.25) is 9.20 Å². The maximum atomic E-state index is 11.9. The number of ether oxygens (including phenoxy) is 1. The summed E-state index contributed by atoms with van der Waals surface area (Å²) in [6, 6.07) is 14.1. The van der Waals surface area contributed by atoms with E-state index in [1.807, 2.05) is 36.4 Å². The molecule has 1 saturated carbocycles. The number of fused-ring (bicyclic) bond motifs is 3. The first kappa shape index (κ1) is 17.4. The minimum atomic E-state index is -1.03. The minimum Gasteiger partial charge on any atom is -0.497 e. The first-order valence-corrected chi connectivity index (χ1v) is 10.5. The van der Waals surface area contributed by atoms with Crippen molar-refractivity contribution in [1.29, 1.82) is 0 Å². The monoisotopic (exact) mass is 369 g/mol. The summed E-state index contributed by atoms with van der Waals surface area (Å²) in [5.74, 6) is 1.04. The molecule has 0 bridgehead atoms. The summed E-state index contributed by atoms with van der Waals surface area (Å²) in [4.78, 5) is 5.88. The molecule has 4 rings (SSSR count). The molecule has 26 heavy (non-hydrogen) atoms. The summed E-state index contributed by atoms with van der Waals surface area (Å²) in [5, 5.41) is 10.1. The van der Waals surface area contributed by atoms with E-state index in [1.54, 1.807) is 13.4 Å². The molecule has 0 spiro atoms. The second kappa shape index (κ2) is 6.97. The lowest BCUT2D eigenvalue weighted by Crippen LogP contribution is -2.34. The van der Waals surface area contributed by atoms with Crippen LogP contribution < -0.4 is 4.74 Å². The molecule has 2 aromatic carbocycles. The van der Waals surface area contributed by atoms with Gasteiger partial charge in [-0.1, -0.05) is 18.2 Å². The average molecular weight is 369 g/mol. The van der Waals surface area contributed by atoms with E-state index >= 15 is 0 Å². The fourth-order valence-electron chi connectivity index (χ4n) is 4.10. The van der Waals surface area contributed by atoms with Gasteiger partial charge in [0.2, 0.25) is 0 Å². The standard InChI is InChI=1S/C21H23NO3S/c1-25-15-7-8-17-18-11-14(23)6-9-20(18)22-21(19(17)12-15)13-4-3-5-16(10-13)26(2)24/h3-5,7-8,10,12,14,18,20,23H,6,9,11H2,1-2H3. The Labute approximate surface area is 156 Å². The summed E-state index contributed by atoms with van der Waals surface area (Å²) in [5.41, 5.74) is 4.20. The molecule has 1 fully saturated rings. The topological polar surface area (TPSA) is 58.9 Å². The fourth-order valence-corrected chi connectivity index (χ4v) is 4.66. The van der Waals surface area contributed by atoms with Gasteiger partial charge in [0.15, 0.2) is 0 Å². The first-order valence-electron chi connectivity index (χ1n) is 8.95. The van der Waals surface area contributed by atoms with Crippen molar-refractivity contribution in [2.75, 3.05) is 13.4 Å². The number of aliphatic imine (C=N–C) groups is 1. The smallest absolute Gasteiger partial charge is 0.119 e. The second-order valence-corrected chi connectivity index (χ2v) is 8.43. The van der Waals surface area contributed by atoms with E-state index in [2.05, 4.69) is 6.07 Å². The van der Waals surface area contributed by atoms with Crippen LogP contribution in [0.5, 0.6) is 5.75 Å². The summed E-state index contributed by atoms with van der Waals surface area (Å²) >= 11 is 0. The zero-order valence-corrected chi connectivity index (χ0v) is 15.8. The molecule has 1 aliphatic carbocycles. The van der Waals surface area contributed by atoms with E-state index in [1.165, 1.54) is 5.56 Å². The van der Waals surface area contributed by atoms with Crippen LogP contribution >= 0.6 is 0 Å². The maximum Gasteiger partial charge on any atom is 0.119 e. The Morgan fingerprint density at radius 2 is 2.04 bits per heavy atom. The molecule has 2 aromatic rings. The highest BCUT2D eigenvalue weighted by Crippen LogP contribution is 2.42. The Kier molecular flexibility index (Phi) is 4.67. The zero-order chi connectivity index (χ0) is 18.3. The van der Waals surface area contributed by atoms with E-state index in [0.29, 0.717) is 0 Å². The Morgan fingerprint density at radius 1 is 1.19 bits per heavy atom. The van der Waals surface area contributed by atoms with E-state index in [4.69, 9.17) is 9.73 Å². The largest absolute Gasteiger partial charge is 0.497 e. The van der Waals surface area contributed by atoms with Gasteiger partial charge in [0.05, 0.1) is 25.0 Å². The number of methoxy groups -OCH3 is 1. The molecule has 1 aliphatic heterocycles. The third-order valence-electron chi connectivity index (χ3n) is 5.44. The number of hydrogen-bond acceptors (Lipinski definition) is 4. The molecule has 4 atom stereocenters. The lowest BCUT2D eigenvalue weighted by Gasteiger charge is -2.37. The predicted octanol–water partition coefficient (Wildman–Crippen LogP) is 3.28. The van der Waals surface area contributed by atoms with E-state index in [-0.39, 0.29) is 18.1 Å². The third-order valence-corrected chi connectivity index (χ3v) is 6.35. The number of benzene rings is 2. The molecule has 5 heteroatoms. The fraction of sp³-hybridized carbons (Fsp3) is 0.381. The van der Waals surface area contributed by atoms with Crippen molar-refractivity contribution in [3.63, 3.8) is 0 Å². The number of rotatable bonds is 3. The summed E-state index contributed by atoms with van der Waals surface area (Å²) in [6.45, 7) is 0. The normalized spacial score (nSPS) is 25.7. The van der Waals surface area contributed by atoms with Gasteiger partial charge in [-0.2, -0.15) is 0 Å². The number of nitrogens with zero attached hydrogens (tertiary/aromatic N) is 1. The minimum absolute atomic E-state index is 0.185. The van der Waals surface area contributed by atoms with Crippen LogP contribution in [-0.2, 0) is 10.8 Å². The highest BCUT2D eigenvalue weighted by Gasteiger charge is 2.36. The van der Waals surface area contributed by atoms with E-state index in [0.717, 1.165) is 46.7 Å². The van der Waals surface area contributed by atoms with Crippen molar-refractivity contribution in [3.05, 3.63) is 59.2 Å². The molecular formula is C21H23NO3S. The predicted molar refractivity (Wildman–Crippen MR) is 104 cm³/mol. The van der Waals surface area contributed by atoms with Gasteiger partial charge < -0.3 is 9.84 Å². The summed E-state index contributed by atoms with van der Waals surface area (Å²) in [7, 11) is 0.629. The SMILES string of the molecule is COc1ccc2c(c1)C(c1cccc(S(C)=O)c1)=NC1CCC(O)CC21. The van der Waals surface area contributed by atoms with Crippen molar-refractivity contribution in [1.82, 2.24) is 0 Å². The van der Waals surface area contributed by atoms with E-state index in [9.17, 15) is 9.32 Å². The lowest BCUT2D eigenvalue weighted by molar-refractivity contribution is 0.111. The van der Waals surface area contributed by atoms with Crippen molar-refractivity contribution >= 4 is 16.5 Å². The first-order chi connectivity index (χ1) is 12.6. The quantitative estimate of drug-likeness (QED) is 0.903. The molecule has 136 valence electrons. The summed E-state index contributed by atoms with van der Waals surface area (Å²) < 4.78 is 17.3. The van der Waals surface area contributed by atoms with Crippen LogP contribution in [0.2, 0.25) is 0 Å². The highest BCUT2D eigenvalue weighted by molar-refractivity contribution is 7.84. The van der Waals surface area contributed by atoms with Gasteiger partial charge in [-0.15, -0.1) is 0 Å². The van der Waals surface area contributed by atoms with Gasteiger partial charge in [0.25, 0.3) is 0 Å². The Balaban J connectivity index is 1.86. The second-order valence-electron chi connectivity index (χ2n) is 7.05. The van der Waals surface area contributed by atoms with Crippen LogP contribution in [0.25, 0.3) is 0 Å². The molecule has 0 amide bonds. The van der Waals surface area contributed by atoms with Crippen molar-refractivity contribution in [2.24, 2.45) is 4.99 Å². The van der Waals surface area contributed by atoms with Gasteiger partial charge in [-0.05, 0) is 49.1 Å². The molecule has 1 N–H and O–H groups in total. The molecule has 4 nitrogen and oxygen atoms in total. The van der Waals surface area contributed by atoms with Gasteiger partial charge >= 0.3 is 0 Å². The molecule has 0 aromatic heterocycles. The van der Waals surface area contributed by atoms with Crippen LogP contribution in [-0.4, -0.2) is 40.5 Å².